The predicted molar refractivity (Wildman–Crippen MR) is 71.2 cm³/mol. The Hall–Kier alpha value is -0.120. The lowest BCUT2D eigenvalue weighted by molar-refractivity contribution is -0.0367. The minimum absolute atomic E-state index is 0.331. The van der Waals surface area contributed by atoms with Crippen molar-refractivity contribution < 1.29 is 4.74 Å². The summed E-state index contributed by atoms with van der Waals surface area (Å²) in [4.78, 5) is 0. The van der Waals surface area contributed by atoms with Crippen LogP contribution in [0.3, 0.4) is 0 Å². The maximum absolute atomic E-state index is 6.17. The van der Waals surface area contributed by atoms with Crippen molar-refractivity contribution in [1.82, 2.24) is 10.6 Å². The molecular weight excluding hydrogens is 224 g/mol. The van der Waals surface area contributed by atoms with Gasteiger partial charge in [-0.3, -0.25) is 5.32 Å². The van der Waals surface area contributed by atoms with Crippen molar-refractivity contribution in [3.63, 3.8) is 0 Å². The second-order valence-electron chi connectivity index (χ2n) is 7.00. The topological polar surface area (TPSA) is 33.3 Å². The second-order valence-corrected chi connectivity index (χ2v) is 7.00. The molecular formula is C15H26N2O. The quantitative estimate of drug-likeness (QED) is 0.743. The van der Waals surface area contributed by atoms with Crippen LogP contribution < -0.4 is 10.6 Å². The molecule has 2 saturated heterocycles. The molecule has 2 N–H and O–H groups in total. The predicted octanol–water partition coefficient (Wildman–Crippen LogP) is 1.74. The highest BCUT2D eigenvalue weighted by molar-refractivity contribution is 5.01. The molecule has 2 bridgehead atoms. The smallest absolute Gasteiger partial charge is 0.108 e. The molecule has 0 spiro atoms. The van der Waals surface area contributed by atoms with E-state index in [-0.39, 0.29) is 0 Å². The van der Waals surface area contributed by atoms with Gasteiger partial charge in [-0.05, 0) is 68.9 Å². The SMILES string of the molecule is CCC1NC2CC3CC4CNCC(C4)C3CC2O1. The number of hydrogen-bond acceptors (Lipinski definition) is 3. The van der Waals surface area contributed by atoms with Gasteiger partial charge in [0.2, 0.25) is 0 Å². The Bertz CT molecular complexity index is 322. The first-order chi connectivity index (χ1) is 8.83. The van der Waals surface area contributed by atoms with Gasteiger partial charge < -0.3 is 10.1 Å². The first kappa shape index (κ1) is 11.7. The third kappa shape index (κ3) is 1.83. The van der Waals surface area contributed by atoms with Gasteiger partial charge in [-0.2, -0.15) is 0 Å². The van der Waals surface area contributed by atoms with Crippen LogP contribution in [-0.4, -0.2) is 31.5 Å². The molecule has 18 heavy (non-hydrogen) atoms. The summed E-state index contributed by atoms with van der Waals surface area (Å²) in [6, 6.07) is 0.656. The number of rotatable bonds is 1. The van der Waals surface area contributed by atoms with Crippen LogP contribution in [0.1, 0.15) is 39.0 Å². The molecule has 7 unspecified atom stereocenters. The van der Waals surface area contributed by atoms with E-state index in [0.717, 1.165) is 30.1 Å². The lowest BCUT2D eigenvalue weighted by atomic mass is 9.60. The van der Waals surface area contributed by atoms with E-state index in [1.807, 2.05) is 0 Å². The zero-order chi connectivity index (χ0) is 12.1. The molecule has 2 aliphatic heterocycles. The van der Waals surface area contributed by atoms with Crippen molar-refractivity contribution in [2.24, 2.45) is 23.7 Å². The van der Waals surface area contributed by atoms with Gasteiger partial charge in [-0.25, -0.2) is 0 Å². The van der Waals surface area contributed by atoms with Crippen LogP contribution in [0.4, 0.5) is 0 Å². The maximum atomic E-state index is 6.17. The highest BCUT2D eigenvalue weighted by atomic mass is 16.5. The van der Waals surface area contributed by atoms with Crippen molar-refractivity contribution in [2.45, 2.75) is 57.4 Å². The van der Waals surface area contributed by atoms with E-state index in [9.17, 15) is 0 Å². The van der Waals surface area contributed by atoms with Crippen molar-refractivity contribution in [2.75, 3.05) is 13.1 Å². The van der Waals surface area contributed by atoms with Gasteiger partial charge >= 0.3 is 0 Å². The first-order valence-corrected chi connectivity index (χ1v) is 7.95. The fraction of sp³-hybridized carbons (Fsp3) is 1.00. The van der Waals surface area contributed by atoms with Crippen LogP contribution in [0.5, 0.6) is 0 Å². The summed E-state index contributed by atoms with van der Waals surface area (Å²) < 4.78 is 6.17. The number of piperidine rings is 1. The molecule has 3 heteroatoms. The van der Waals surface area contributed by atoms with Crippen molar-refractivity contribution in [1.29, 1.82) is 0 Å². The second kappa shape index (κ2) is 4.46. The van der Waals surface area contributed by atoms with Crippen LogP contribution in [0.25, 0.3) is 0 Å². The van der Waals surface area contributed by atoms with Crippen LogP contribution in [0.2, 0.25) is 0 Å². The lowest BCUT2D eigenvalue weighted by Gasteiger charge is -2.50. The number of hydrogen-bond donors (Lipinski definition) is 2. The van der Waals surface area contributed by atoms with E-state index in [0.29, 0.717) is 18.4 Å². The number of ether oxygens (including phenoxy) is 1. The van der Waals surface area contributed by atoms with Crippen molar-refractivity contribution in [3.8, 4) is 0 Å². The molecule has 0 aromatic heterocycles. The Balaban J connectivity index is 1.50. The molecule has 0 radical (unpaired) electrons. The molecule has 0 amide bonds. The normalized spacial score (nSPS) is 54.8. The highest BCUT2D eigenvalue weighted by Gasteiger charge is 2.48. The molecule has 4 fully saturated rings. The largest absolute Gasteiger partial charge is 0.359 e. The van der Waals surface area contributed by atoms with Gasteiger partial charge in [0, 0.05) is 6.04 Å². The lowest BCUT2D eigenvalue weighted by Crippen LogP contribution is -2.52. The van der Waals surface area contributed by atoms with E-state index in [1.54, 1.807) is 0 Å². The van der Waals surface area contributed by atoms with Gasteiger partial charge in [0.25, 0.3) is 0 Å². The highest BCUT2D eigenvalue weighted by Crippen LogP contribution is 2.48. The molecule has 4 rings (SSSR count). The molecule has 0 aromatic rings. The van der Waals surface area contributed by atoms with E-state index < -0.39 is 0 Å². The van der Waals surface area contributed by atoms with Gasteiger partial charge in [0.05, 0.1) is 6.10 Å². The summed E-state index contributed by atoms with van der Waals surface area (Å²) in [7, 11) is 0. The minimum atomic E-state index is 0.331. The molecule has 2 saturated carbocycles. The van der Waals surface area contributed by atoms with Crippen molar-refractivity contribution in [3.05, 3.63) is 0 Å². The van der Waals surface area contributed by atoms with E-state index >= 15 is 0 Å². The Morgan fingerprint density at radius 3 is 2.83 bits per heavy atom. The van der Waals surface area contributed by atoms with Crippen LogP contribution in [0.15, 0.2) is 0 Å². The first-order valence-electron chi connectivity index (χ1n) is 7.95. The van der Waals surface area contributed by atoms with E-state index in [2.05, 4.69) is 17.6 Å². The Labute approximate surface area is 110 Å². The van der Waals surface area contributed by atoms with Gasteiger partial charge in [0.1, 0.15) is 6.23 Å². The Morgan fingerprint density at radius 1 is 1.06 bits per heavy atom. The van der Waals surface area contributed by atoms with E-state index in [1.165, 1.54) is 38.8 Å². The van der Waals surface area contributed by atoms with Gasteiger partial charge in [-0.15, -0.1) is 0 Å². The molecule has 0 aromatic carbocycles. The van der Waals surface area contributed by atoms with Crippen molar-refractivity contribution >= 4 is 0 Å². The molecule has 2 heterocycles. The minimum Gasteiger partial charge on any atom is -0.359 e. The van der Waals surface area contributed by atoms with E-state index in [4.69, 9.17) is 4.74 Å². The monoisotopic (exact) mass is 250 g/mol. The summed E-state index contributed by atoms with van der Waals surface area (Å²) in [5.41, 5.74) is 0. The Kier molecular flexibility index (Phi) is 2.90. The Morgan fingerprint density at radius 2 is 1.94 bits per heavy atom. The number of nitrogens with one attached hydrogen (secondary N) is 2. The fourth-order valence-corrected chi connectivity index (χ4v) is 5.16. The zero-order valence-corrected chi connectivity index (χ0v) is 11.4. The van der Waals surface area contributed by atoms with Crippen LogP contribution in [-0.2, 0) is 4.74 Å². The zero-order valence-electron chi connectivity index (χ0n) is 11.4. The van der Waals surface area contributed by atoms with Gasteiger partial charge in [0.15, 0.2) is 0 Å². The fourth-order valence-electron chi connectivity index (χ4n) is 5.16. The molecule has 3 nitrogen and oxygen atoms in total. The average molecular weight is 250 g/mol. The van der Waals surface area contributed by atoms with Gasteiger partial charge in [-0.1, -0.05) is 6.92 Å². The summed E-state index contributed by atoms with van der Waals surface area (Å²) in [5, 5.41) is 7.35. The molecule has 2 aliphatic carbocycles. The van der Waals surface area contributed by atoms with Crippen LogP contribution >= 0.6 is 0 Å². The standard InChI is InChI=1S/C15H26N2O/c1-2-15-17-13-5-10-3-9-4-11(8-16-7-9)12(10)6-14(13)18-15/h9-17H,2-8H2,1H3. The summed E-state index contributed by atoms with van der Waals surface area (Å²) in [6.07, 6.45) is 7.59. The summed E-state index contributed by atoms with van der Waals surface area (Å²) >= 11 is 0. The van der Waals surface area contributed by atoms with Crippen LogP contribution in [0, 0.1) is 23.7 Å². The third-order valence-corrected chi connectivity index (χ3v) is 5.94. The molecule has 4 aliphatic rings. The number of fused-ring (bicyclic) bond motifs is 5. The molecule has 102 valence electrons. The summed E-state index contributed by atoms with van der Waals surface area (Å²) in [5.74, 6) is 3.81. The summed E-state index contributed by atoms with van der Waals surface area (Å²) in [6.45, 7) is 4.76. The maximum Gasteiger partial charge on any atom is 0.108 e. The molecule has 7 atom stereocenters. The third-order valence-electron chi connectivity index (χ3n) is 5.94. The average Bonchev–Trinajstić information content (AvgIpc) is 2.79.